The van der Waals surface area contributed by atoms with E-state index in [1.165, 1.54) is 5.56 Å². The highest BCUT2D eigenvalue weighted by molar-refractivity contribution is 5.16. The summed E-state index contributed by atoms with van der Waals surface area (Å²) in [6.07, 6.45) is 2.00. The summed E-state index contributed by atoms with van der Waals surface area (Å²) in [5.74, 6) is 0. The average Bonchev–Trinajstić information content (AvgIpc) is 2.34. The molecule has 0 saturated carbocycles. The fraction of sp³-hybridized carbons (Fsp3) is 0.500. The summed E-state index contributed by atoms with van der Waals surface area (Å²) in [4.78, 5) is 5.24. The van der Waals surface area contributed by atoms with Gasteiger partial charge in [-0.25, -0.2) is 0 Å². The Bertz CT molecular complexity index is 215. The largest absolute Gasteiger partial charge is 0.364 e. The van der Waals surface area contributed by atoms with Gasteiger partial charge in [0.1, 0.15) is 0 Å². The molecule has 0 unspecified atom stereocenters. The Hall–Kier alpha value is -0.800. The van der Waals surface area contributed by atoms with Gasteiger partial charge in [-0.15, -0.1) is 0 Å². The molecule has 3 nitrogen and oxygen atoms in total. The van der Waals surface area contributed by atoms with Crippen LogP contribution in [0.15, 0.2) is 12.3 Å². The predicted octanol–water partition coefficient (Wildman–Crippen LogP) is 0.535. The van der Waals surface area contributed by atoms with Crippen molar-refractivity contribution in [3.05, 3.63) is 23.5 Å². The van der Waals surface area contributed by atoms with E-state index in [-0.39, 0.29) is 0 Å². The van der Waals surface area contributed by atoms with Crippen molar-refractivity contribution in [3.8, 4) is 0 Å². The summed E-state index contributed by atoms with van der Waals surface area (Å²) in [7, 11) is 4.10. The van der Waals surface area contributed by atoms with Crippen molar-refractivity contribution >= 4 is 0 Å². The lowest BCUT2D eigenvalue weighted by molar-refractivity contribution is 0.402. The third-order valence-corrected chi connectivity index (χ3v) is 1.52. The summed E-state index contributed by atoms with van der Waals surface area (Å²) in [6, 6.07) is 2.10. The molecule has 1 rings (SSSR count). The first-order valence-corrected chi connectivity index (χ1v) is 3.73. The van der Waals surface area contributed by atoms with E-state index in [1.54, 1.807) is 0 Å². The lowest BCUT2D eigenvalue weighted by atomic mass is 10.3. The van der Waals surface area contributed by atoms with E-state index in [0.29, 0.717) is 6.54 Å². The standard InChI is InChI=1S/C8H15N3/c1-11(2)6-7-3-8(4-9)10-5-7/h3,5,10H,4,6,9H2,1-2H3. The van der Waals surface area contributed by atoms with E-state index < -0.39 is 0 Å². The Morgan fingerprint density at radius 3 is 2.73 bits per heavy atom. The Labute approximate surface area is 67.2 Å². The summed E-state index contributed by atoms with van der Waals surface area (Å²) < 4.78 is 0. The molecule has 1 aromatic heterocycles. The van der Waals surface area contributed by atoms with Crippen LogP contribution in [-0.2, 0) is 13.1 Å². The summed E-state index contributed by atoms with van der Waals surface area (Å²) in [5.41, 5.74) is 7.84. The Morgan fingerprint density at radius 1 is 1.55 bits per heavy atom. The van der Waals surface area contributed by atoms with Crippen LogP contribution in [0.1, 0.15) is 11.3 Å². The van der Waals surface area contributed by atoms with Gasteiger partial charge in [0.15, 0.2) is 0 Å². The molecule has 0 bridgehead atoms. The first-order valence-electron chi connectivity index (χ1n) is 3.73. The lowest BCUT2D eigenvalue weighted by Gasteiger charge is -2.05. The quantitative estimate of drug-likeness (QED) is 0.665. The number of hydrogen-bond acceptors (Lipinski definition) is 2. The fourth-order valence-electron chi connectivity index (χ4n) is 1.07. The number of aromatic amines is 1. The van der Waals surface area contributed by atoms with Gasteiger partial charge in [0.25, 0.3) is 0 Å². The first-order chi connectivity index (χ1) is 5.22. The van der Waals surface area contributed by atoms with E-state index in [4.69, 9.17) is 5.73 Å². The minimum absolute atomic E-state index is 0.591. The van der Waals surface area contributed by atoms with Gasteiger partial charge in [0, 0.05) is 25.0 Å². The van der Waals surface area contributed by atoms with Crippen LogP contribution in [0.5, 0.6) is 0 Å². The zero-order chi connectivity index (χ0) is 8.27. The molecule has 0 spiro atoms. The van der Waals surface area contributed by atoms with Crippen molar-refractivity contribution < 1.29 is 0 Å². The maximum absolute atomic E-state index is 5.45. The maximum Gasteiger partial charge on any atom is 0.0332 e. The van der Waals surface area contributed by atoms with Crippen LogP contribution in [0.25, 0.3) is 0 Å². The third kappa shape index (κ3) is 2.37. The van der Waals surface area contributed by atoms with E-state index in [2.05, 4.69) is 30.0 Å². The Morgan fingerprint density at radius 2 is 2.27 bits per heavy atom. The summed E-state index contributed by atoms with van der Waals surface area (Å²) >= 11 is 0. The molecule has 0 aliphatic heterocycles. The van der Waals surface area contributed by atoms with Gasteiger partial charge in [-0.2, -0.15) is 0 Å². The highest BCUT2D eigenvalue weighted by Gasteiger charge is 1.97. The number of rotatable bonds is 3. The smallest absolute Gasteiger partial charge is 0.0332 e. The van der Waals surface area contributed by atoms with Crippen LogP contribution in [0.3, 0.4) is 0 Å². The average molecular weight is 153 g/mol. The van der Waals surface area contributed by atoms with Crippen LogP contribution >= 0.6 is 0 Å². The zero-order valence-electron chi connectivity index (χ0n) is 7.09. The van der Waals surface area contributed by atoms with Crippen molar-refractivity contribution in [2.45, 2.75) is 13.1 Å². The van der Waals surface area contributed by atoms with Crippen LogP contribution in [0, 0.1) is 0 Å². The van der Waals surface area contributed by atoms with Crippen LogP contribution < -0.4 is 5.73 Å². The number of nitrogens with one attached hydrogen (secondary N) is 1. The lowest BCUT2D eigenvalue weighted by Crippen LogP contribution is -2.09. The molecular weight excluding hydrogens is 138 g/mol. The first kappa shape index (κ1) is 8.30. The number of nitrogens with two attached hydrogens (primary N) is 1. The molecule has 3 N–H and O–H groups in total. The maximum atomic E-state index is 5.45. The normalized spacial score (nSPS) is 10.9. The summed E-state index contributed by atoms with van der Waals surface area (Å²) in [5, 5.41) is 0. The summed E-state index contributed by atoms with van der Waals surface area (Å²) in [6.45, 7) is 1.56. The Balaban J connectivity index is 2.58. The van der Waals surface area contributed by atoms with Crippen LogP contribution in [0.2, 0.25) is 0 Å². The van der Waals surface area contributed by atoms with Gasteiger partial charge in [-0.1, -0.05) is 0 Å². The molecule has 0 fully saturated rings. The molecule has 62 valence electrons. The molecule has 0 aliphatic rings. The van der Waals surface area contributed by atoms with Gasteiger partial charge in [0.05, 0.1) is 0 Å². The highest BCUT2D eigenvalue weighted by Crippen LogP contribution is 2.03. The Kier molecular flexibility index (Phi) is 2.68. The minimum atomic E-state index is 0.591. The second-order valence-corrected chi connectivity index (χ2v) is 2.98. The molecule has 0 atom stereocenters. The third-order valence-electron chi connectivity index (χ3n) is 1.52. The predicted molar refractivity (Wildman–Crippen MR) is 46.1 cm³/mol. The van der Waals surface area contributed by atoms with Crippen molar-refractivity contribution in [2.75, 3.05) is 14.1 Å². The number of hydrogen-bond donors (Lipinski definition) is 2. The molecule has 0 aliphatic carbocycles. The fourth-order valence-corrected chi connectivity index (χ4v) is 1.07. The number of nitrogens with zero attached hydrogens (tertiary/aromatic N) is 1. The molecule has 1 heterocycles. The van der Waals surface area contributed by atoms with Crippen molar-refractivity contribution in [2.24, 2.45) is 5.73 Å². The molecule has 11 heavy (non-hydrogen) atoms. The van der Waals surface area contributed by atoms with Crippen molar-refractivity contribution in [1.29, 1.82) is 0 Å². The zero-order valence-corrected chi connectivity index (χ0v) is 7.09. The minimum Gasteiger partial charge on any atom is -0.364 e. The van der Waals surface area contributed by atoms with Gasteiger partial charge in [-0.05, 0) is 25.7 Å². The van der Waals surface area contributed by atoms with Crippen LogP contribution in [0.4, 0.5) is 0 Å². The second kappa shape index (κ2) is 3.55. The van der Waals surface area contributed by atoms with Gasteiger partial charge >= 0.3 is 0 Å². The molecular formula is C8H15N3. The molecule has 3 heteroatoms. The van der Waals surface area contributed by atoms with E-state index >= 15 is 0 Å². The molecule has 0 radical (unpaired) electrons. The van der Waals surface area contributed by atoms with Gasteiger partial charge in [0.2, 0.25) is 0 Å². The number of aromatic nitrogens is 1. The van der Waals surface area contributed by atoms with Gasteiger partial charge in [-0.3, -0.25) is 0 Å². The van der Waals surface area contributed by atoms with E-state index in [9.17, 15) is 0 Å². The van der Waals surface area contributed by atoms with Crippen LogP contribution in [-0.4, -0.2) is 24.0 Å². The SMILES string of the molecule is CN(C)Cc1c[nH]c(CN)c1. The van der Waals surface area contributed by atoms with E-state index in [1.807, 2.05) is 6.20 Å². The molecule has 0 saturated heterocycles. The molecule has 0 amide bonds. The second-order valence-electron chi connectivity index (χ2n) is 2.98. The van der Waals surface area contributed by atoms with Crippen molar-refractivity contribution in [3.63, 3.8) is 0 Å². The van der Waals surface area contributed by atoms with Crippen molar-refractivity contribution in [1.82, 2.24) is 9.88 Å². The van der Waals surface area contributed by atoms with E-state index in [0.717, 1.165) is 12.2 Å². The molecule has 1 aromatic rings. The monoisotopic (exact) mass is 153 g/mol. The van der Waals surface area contributed by atoms with Gasteiger partial charge < -0.3 is 15.6 Å². The number of H-pyrrole nitrogens is 1. The highest BCUT2D eigenvalue weighted by atomic mass is 15.0. The molecule has 0 aromatic carbocycles. The topological polar surface area (TPSA) is 45.0 Å².